The van der Waals surface area contributed by atoms with Crippen LogP contribution >= 0.6 is 23.2 Å². The van der Waals surface area contributed by atoms with E-state index >= 15 is 0 Å². The van der Waals surface area contributed by atoms with Crippen molar-refractivity contribution in [2.24, 2.45) is 0 Å². The largest absolute Gasteiger partial charge is 0.396 e. The van der Waals surface area contributed by atoms with Crippen molar-refractivity contribution < 1.29 is 9.50 Å². The van der Waals surface area contributed by atoms with Crippen LogP contribution in [0.2, 0.25) is 10.0 Å². The lowest BCUT2D eigenvalue weighted by Crippen LogP contribution is -2.29. The lowest BCUT2D eigenvalue weighted by molar-refractivity contribution is 0.264. The van der Waals surface area contributed by atoms with E-state index in [0.717, 1.165) is 0 Å². The SMILES string of the molecule is CC(CCO)NC(C)c1cc(F)c(Cl)cc1Cl. The van der Waals surface area contributed by atoms with Crippen molar-refractivity contribution in [2.75, 3.05) is 6.61 Å². The van der Waals surface area contributed by atoms with E-state index < -0.39 is 5.82 Å². The van der Waals surface area contributed by atoms with Crippen LogP contribution in [0.4, 0.5) is 4.39 Å². The minimum absolute atomic E-state index is 0.0226. The molecule has 2 nitrogen and oxygen atoms in total. The topological polar surface area (TPSA) is 32.3 Å². The summed E-state index contributed by atoms with van der Waals surface area (Å²) in [6, 6.07) is 2.78. The summed E-state index contributed by atoms with van der Waals surface area (Å²) in [5.41, 5.74) is 0.665. The van der Waals surface area contributed by atoms with Gasteiger partial charge in [-0.25, -0.2) is 4.39 Å². The van der Waals surface area contributed by atoms with Gasteiger partial charge in [0.05, 0.1) is 5.02 Å². The smallest absolute Gasteiger partial charge is 0.142 e. The van der Waals surface area contributed by atoms with E-state index in [9.17, 15) is 4.39 Å². The maximum absolute atomic E-state index is 13.3. The molecule has 0 spiro atoms. The molecule has 1 rings (SSSR count). The van der Waals surface area contributed by atoms with Gasteiger partial charge >= 0.3 is 0 Å². The van der Waals surface area contributed by atoms with Gasteiger partial charge in [0.15, 0.2) is 0 Å². The van der Waals surface area contributed by atoms with Gasteiger partial charge in [-0.3, -0.25) is 0 Å². The third-order valence-corrected chi connectivity index (χ3v) is 3.22. The first-order valence-electron chi connectivity index (χ1n) is 5.47. The van der Waals surface area contributed by atoms with E-state index in [1.807, 2.05) is 13.8 Å². The molecule has 0 amide bonds. The minimum Gasteiger partial charge on any atom is -0.396 e. The molecule has 0 saturated heterocycles. The number of aliphatic hydroxyl groups excluding tert-OH is 1. The van der Waals surface area contributed by atoms with Gasteiger partial charge in [0.2, 0.25) is 0 Å². The van der Waals surface area contributed by atoms with Crippen molar-refractivity contribution >= 4 is 23.2 Å². The Bertz CT molecular complexity index is 387. The quantitative estimate of drug-likeness (QED) is 0.808. The number of hydrogen-bond acceptors (Lipinski definition) is 2. The zero-order chi connectivity index (χ0) is 13.0. The van der Waals surface area contributed by atoms with Gasteiger partial charge in [0, 0.05) is 23.7 Å². The van der Waals surface area contributed by atoms with Crippen LogP contribution in [-0.2, 0) is 0 Å². The van der Waals surface area contributed by atoms with E-state index in [4.69, 9.17) is 28.3 Å². The molecular formula is C12H16Cl2FNO. The molecule has 5 heteroatoms. The van der Waals surface area contributed by atoms with Crippen molar-refractivity contribution in [3.8, 4) is 0 Å². The van der Waals surface area contributed by atoms with Crippen LogP contribution in [-0.4, -0.2) is 17.8 Å². The second-order valence-corrected chi connectivity index (χ2v) is 4.90. The van der Waals surface area contributed by atoms with Gasteiger partial charge in [-0.05, 0) is 38.0 Å². The summed E-state index contributed by atoms with van der Waals surface area (Å²) in [5.74, 6) is -0.477. The molecule has 0 radical (unpaired) electrons. The Labute approximate surface area is 111 Å². The molecule has 0 heterocycles. The van der Waals surface area contributed by atoms with Gasteiger partial charge in [-0.1, -0.05) is 23.2 Å². The molecule has 2 N–H and O–H groups in total. The first kappa shape index (κ1) is 14.7. The van der Waals surface area contributed by atoms with Gasteiger partial charge in [0.25, 0.3) is 0 Å². The van der Waals surface area contributed by atoms with Crippen molar-refractivity contribution in [1.29, 1.82) is 0 Å². The van der Waals surface area contributed by atoms with E-state index in [1.54, 1.807) is 0 Å². The highest BCUT2D eigenvalue weighted by atomic mass is 35.5. The number of benzene rings is 1. The number of halogens is 3. The molecule has 96 valence electrons. The van der Waals surface area contributed by atoms with Gasteiger partial charge in [0.1, 0.15) is 5.82 Å². The highest BCUT2D eigenvalue weighted by Gasteiger charge is 2.15. The van der Waals surface area contributed by atoms with Crippen molar-refractivity contribution in [2.45, 2.75) is 32.4 Å². The summed E-state index contributed by atoms with van der Waals surface area (Å²) < 4.78 is 13.3. The van der Waals surface area contributed by atoms with Gasteiger partial charge < -0.3 is 10.4 Å². The van der Waals surface area contributed by atoms with E-state index in [0.29, 0.717) is 17.0 Å². The Morgan fingerprint density at radius 1 is 1.29 bits per heavy atom. The van der Waals surface area contributed by atoms with E-state index in [2.05, 4.69) is 5.32 Å². The maximum Gasteiger partial charge on any atom is 0.142 e. The Hall–Kier alpha value is -0.350. The monoisotopic (exact) mass is 279 g/mol. The van der Waals surface area contributed by atoms with Crippen LogP contribution in [0.5, 0.6) is 0 Å². The predicted molar refractivity (Wildman–Crippen MR) is 69.1 cm³/mol. The second-order valence-electron chi connectivity index (χ2n) is 4.09. The third kappa shape index (κ3) is 4.11. The molecule has 0 saturated carbocycles. The van der Waals surface area contributed by atoms with Crippen LogP contribution in [0.3, 0.4) is 0 Å². The maximum atomic E-state index is 13.3. The Kier molecular flexibility index (Phi) is 5.67. The summed E-state index contributed by atoms with van der Waals surface area (Å²) in [6.45, 7) is 3.96. The van der Waals surface area contributed by atoms with Crippen LogP contribution in [0.25, 0.3) is 0 Å². The average Bonchev–Trinajstić information content (AvgIpc) is 2.23. The standard InChI is InChI=1S/C12H16Cl2FNO/c1-7(3-4-17)16-8(2)9-5-12(15)11(14)6-10(9)13/h5-8,16-17H,3-4H2,1-2H3. The molecule has 0 fully saturated rings. The summed E-state index contributed by atoms with van der Waals surface area (Å²) in [5, 5.41) is 12.5. The Morgan fingerprint density at radius 3 is 2.53 bits per heavy atom. The highest BCUT2D eigenvalue weighted by Crippen LogP contribution is 2.28. The third-order valence-electron chi connectivity index (χ3n) is 2.60. The average molecular weight is 280 g/mol. The number of rotatable bonds is 5. The molecule has 2 unspecified atom stereocenters. The zero-order valence-electron chi connectivity index (χ0n) is 9.80. The number of nitrogens with one attached hydrogen (secondary N) is 1. The molecule has 0 aliphatic heterocycles. The molecule has 0 aliphatic rings. The Balaban J connectivity index is 2.81. The van der Waals surface area contributed by atoms with E-state index in [1.165, 1.54) is 12.1 Å². The first-order valence-corrected chi connectivity index (χ1v) is 6.22. The molecule has 2 atom stereocenters. The van der Waals surface area contributed by atoms with Crippen LogP contribution in [0, 0.1) is 5.82 Å². The fourth-order valence-corrected chi connectivity index (χ4v) is 2.21. The molecule has 1 aromatic rings. The molecule has 1 aromatic carbocycles. The molecular weight excluding hydrogens is 264 g/mol. The van der Waals surface area contributed by atoms with Crippen molar-refractivity contribution in [3.05, 3.63) is 33.6 Å². The molecule has 17 heavy (non-hydrogen) atoms. The van der Waals surface area contributed by atoms with Gasteiger partial charge in [-0.15, -0.1) is 0 Å². The Morgan fingerprint density at radius 2 is 1.94 bits per heavy atom. The highest BCUT2D eigenvalue weighted by molar-refractivity contribution is 6.35. The van der Waals surface area contributed by atoms with Crippen LogP contribution in [0.1, 0.15) is 31.9 Å². The zero-order valence-corrected chi connectivity index (χ0v) is 11.3. The number of aliphatic hydroxyl groups is 1. The summed E-state index contributed by atoms with van der Waals surface area (Å²) in [6.07, 6.45) is 0.637. The fraction of sp³-hybridized carbons (Fsp3) is 0.500. The molecule has 0 bridgehead atoms. The fourth-order valence-electron chi connectivity index (χ4n) is 1.66. The van der Waals surface area contributed by atoms with Crippen molar-refractivity contribution in [3.63, 3.8) is 0 Å². The minimum atomic E-state index is -0.477. The van der Waals surface area contributed by atoms with Crippen molar-refractivity contribution in [1.82, 2.24) is 5.32 Å². The second kappa shape index (κ2) is 6.55. The van der Waals surface area contributed by atoms with E-state index in [-0.39, 0.29) is 23.7 Å². The summed E-state index contributed by atoms with van der Waals surface area (Å²) >= 11 is 11.6. The number of hydrogen-bond donors (Lipinski definition) is 2. The molecule has 0 aromatic heterocycles. The summed E-state index contributed by atoms with van der Waals surface area (Å²) in [7, 11) is 0. The van der Waals surface area contributed by atoms with Gasteiger partial charge in [-0.2, -0.15) is 0 Å². The lowest BCUT2D eigenvalue weighted by Gasteiger charge is -2.21. The van der Waals surface area contributed by atoms with Crippen LogP contribution in [0.15, 0.2) is 12.1 Å². The van der Waals surface area contributed by atoms with Crippen LogP contribution < -0.4 is 5.32 Å². The first-order chi connectivity index (χ1) is 7.95. The normalized spacial score (nSPS) is 14.7. The lowest BCUT2D eigenvalue weighted by atomic mass is 10.1. The molecule has 0 aliphatic carbocycles. The predicted octanol–water partition coefficient (Wildman–Crippen LogP) is 3.55. The summed E-state index contributed by atoms with van der Waals surface area (Å²) in [4.78, 5) is 0.